The summed E-state index contributed by atoms with van der Waals surface area (Å²) in [6.07, 6.45) is 5.48. The largest absolute Gasteiger partial charge is 0.396 e. The van der Waals surface area contributed by atoms with Crippen molar-refractivity contribution in [3.05, 3.63) is 22.6 Å². The number of aliphatic hydroxyl groups excluding tert-OH is 1. The fourth-order valence-corrected chi connectivity index (χ4v) is 1.75. The highest BCUT2D eigenvalue weighted by molar-refractivity contribution is 5.38. The molecule has 0 aliphatic carbocycles. The van der Waals surface area contributed by atoms with Gasteiger partial charge in [0.05, 0.1) is 11.9 Å². The zero-order chi connectivity index (χ0) is 14.1. The van der Waals surface area contributed by atoms with Crippen molar-refractivity contribution in [1.29, 1.82) is 0 Å². The average molecular weight is 267 g/mol. The molecule has 1 heterocycles. The zero-order valence-corrected chi connectivity index (χ0v) is 11.9. The number of unbranched alkanes of at least 4 members (excludes halogenated alkanes) is 3. The lowest BCUT2D eigenvalue weighted by atomic mass is 10.2. The molecule has 108 valence electrons. The molecule has 0 saturated carbocycles. The maximum atomic E-state index is 11.8. The van der Waals surface area contributed by atoms with Crippen molar-refractivity contribution >= 4 is 5.69 Å². The molecule has 1 aromatic rings. The number of anilines is 1. The SMILES string of the molecule is CC(C)CNc1cnn(CCCCCCO)c(=O)c1. The van der Waals surface area contributed by atoms with Crippen molar-refractivity contribution < 1.29 is 5.11 Å². The van der Waals surface area contributed by atoms with Gasteiger partial charge in [0.15, 0.2) is 0 Å². The van der Waals surface area contributed by atoms with Crippen LogP contribution in [0.25, 0.3) is 0 Å². The highest BCUT2D eigenvalue weighted by Gasteiger charge is 2.01. The summed E-state index contributed by atoms with van der Waals surface area (Å²) in [5, 5.41) is 16.0. The molecule has 0 radical (unpaired) electrons. The Morgan fingerprint density at radius 3 is 2.68 bits per heavy atom. The van der Waals surface area contributed by atoms with Crippen LogP contribution in [-0.4, -0.2) is 28.0 Å². The highest BCUT2D eigenvalue weighted by atomic mass is 16.2. The molecule has 0 atom stereocenters. The highest BCUT2D eigenvalue weighted by Crippen LogP contribution is 2.03. The standard InChI is InChI=1S/C14H25N3O2/c1-12(2)10-15-13-9-14(19)17(16-11-13)7-5-3-4-6-8-18/h9,11-12,15,18H,3-8,10H2,1-2H3. The number of hydrogen-bond acceptors (Lipinski definition) is 4. The molecule has 0 aliphatic rings. The van der Waals surface area contributed by atoms with Gasteiger partial charge in [-0.05, 0) is 18.8 Å². The van der Waals surface area contributed by atoms with E-state index in [1.54, 1.807) is 12.3 Å². The van der Waals surface area contributed by atoms with Crippen LogP contribution in [0.3, 0.4) is 0 Å². The van der Waals surface area contributed by atoms with Crippen LogP contribution < -0.4 is 10.9 Å². The van der Waals surface area contributed by atoms with E-state index in [1.807, 2.05) is 0 Å². The molecular weight excluding hydrogens is 242 g/mol. The average Bonchev–Trinajstić information content (AvgIpc) is 2.38. The van der Waals surface area contributed by atoms with Gasteiger partial charge in [0.1, 0.15) is 0 Å². The number of aryl methyl sites for hydroxylation is 1. The van der Waals surface area contributed by atoms with E-state index in [0.717, 1.165) is 37.9 Å². The molecule has 0 bridgehead atoms. The molecule has 0 saturated heterocycles. The first-order valence-corrected chi connectivity index (χ1v) is 7.05. The summed E-state index contributed by atoms with van der Waals surface area (Å²) in [7, 11) is 0. The van der Waals surface area contributed by atoms with Gasteiger partial charge in [-0.3, -0.25) is 4.79 Å². The number of aliphatic hydroxyl groups is 1. The minimum absolute atomic E-state index is 0.0593. The van der Waals surface area contributed by atoms with Crippen LogP contribution in [0.4, 0.5) is 5.69 Å². The van der Waals surface area contributed by atoms with Crippen LogP contribution in [-0.2, 0) is 6.54 Å². The molecule has 1 rings (SSSR count). The summed E-state index contributed by atoms with van der Waals surface area (Å²) in [4.78, 5) is 11.8. The third-order valence-corrected chi connectivity index (χ3v) is 2.86. The van der Waals surface area contributed by atoms with Crippen molar-refractivity contribution in [2.24, 2.45) is 5.92 Å². The summed E-state index contributed by atoms with van der Waals surface area (Å²) in [5.41, 5.74) is 0.728. The van der Waals surface area contributed by atoms with Gasteiger partial charge in [0.2, 0.25) is 0 Å². The lowest BCUT2D eigenvalue weighted by molar-refractivity contribution is 0.282. The topological polar surface area (TPSA) is 67.2 Å². The summed E-state index contributed by atoms with van der Waals surface area (Å²) in [5.74, 6) is 0.536. The second-order valence-electron chi connectivity index (χ2n) is 5.22. The van der Waals surface area contributed by atoms with E-state index >= 15 is 0 Å². The lowest BCUT2D eigenvalue weighted by Gasteiger charge is -2.09. The third-order valence-electron chi connectivity index (χ3n) is 2.86. The Morgan fingerprint density at radius 2 is 2.05 bits per heavy atom. The van der Waals surface area contributed by atoms with Crippen LogP contribution in [0.15, 0.2) is 17.1 Å². The van der Waals surface area contributed by atoms with Crippen molar-refractivity contribution in [1.82, 2.24) is 9.78 Å². The fourth-order valence-electron chi connectivity index (χ4n) is 1.75. The first-order valence-electron chi connectivity index (χ1n) is 7.05. The summed E-state index contributed by atoms with van der Waals surface area (Å²) in [6, 6.07) is 1.60. The zero-order valence-electron chi connectivity index (χ0n) is 11.9. The molecule has 0 aromatic carbocycles. The summed E-state index contributed by atoms with van der Waals surface area (Å²) >= 11 is 0. The Morgan fingerprint density at radius 1 is 1.32 bits per heavy atom. The number of hydrogen-bond donors (Lipinski definition) is 2. The Hall–Kier alpha value is -1.36. The van der Waals surface area contributed by atoms with E-state index in [1.165, 1.54) is 4.68 Å². The number of nitrogens with zero attached hydrogens (tertiary/aromatic N) is 2. The number of nitrogens with one attached hydrogen (secondary N) is 1. The maximum Gasteiger partial charge on any atom is 0.268 e. The van der Waals surface area contributed by atoms with Crippen LogP contribution in [0.5, 0.6) is 0 Å². The van der Waals surface area contributed by atoms with Crippen molar-refractivity contribution in [2.45, 2.75) is 46.1 Å². The number of rotatable bonds is 9. The van der Waals surface area contributed by atoms with Gasteiger partial charge < -0.3 is 10.4 Å². The van der Waals surface area contributed by atoms with E-state index in [-0.39, 0.29) is 12.2 Å². The Kier molecular flexibility index (Phi) is 7.18. The monoisotopic (exact) mass is 267 g/mol. The first kappa shape index (κ1) is 15.7. The Balaban J connectivity index is 2.41. The summed E-state index contributed by atoms with van der Waals surface area (Å²) in [6.45, 7) is 5.97. The lowest BCUT2D eigenvalue weighted by Crippen LogP contribution is -2.23. The molecule has 0 amide bonds. The third kappa shape index (κ3) is 6.38. The van der Waals surface area contributed by atoms with Crippen LogP contribution in [0.2, 0.25) is 0 Å². The maximum absolute atomic E-state index is 11.8. The molecular formula is C14H25N3O2. The van der Waals surface area contributed by atoms with Gasteiger partial charge in [-0.2, -0.15) is 5.10 Å². The van der Waals surface area contributed by atoms with Crippen LogP contribution >= 0.6 is 0 Å². The van der Waals surface area contributed by atoms with Crippen LogP contribution in [0, 0.1) is 5.92 Å². The normalized spacial score (nSPS) is 10.9. The van der Waals surface area contributed by atoms with E-state index in [0.29, 0.717) is 12.5 Å². The second kappa shape index (κ2) is 8.69. The quantitative estimate of drug-likeness (QED) is 0.670. The fraction of sp³-hybridized carbons (Fsp3) is 0.714. The summed E-state index contributed by atoms with van der Waals surface area (Å²) < 4.78 is 1.50. The van der Waals surface area contributed by atoms with Crippen LogP contribution in [0.1, 0.15) is 39.5 Å². The van der Waals surface area contributed by atoms with Crippen molar-refractivity contribution in [2.75, 3.05) is 18.5 Å². The van der Waals surface area contributed by atoms with Crippen molar-refractivity contribution in [3.8, 4) is 0 Å². The van der Waals surface area contributed by atoms with Gasteiger partial charge in [0.25, 0.3) is 5.56 Å². The Labute approximate surface area is 114 Å². The molecule has 2 N–H and O–H groups in total. The molecule has 0 aliphatic heterocycles. The van der Waals surface area contributed by atoms with Gasteiger partial charge in [-0.1, -0.05) is 26.7 Å². The first-order chi connectivity index (χ1) is 9.13. The van der Waals surface area contributed by atoms with E-state index < -0.39 is 0 Å². The van der Waals surface area contributed by atoms with Gasteiger partial charge in [-0.25, -0.2) is 4.68 Å². The molecule has 0 spiro atoms. The Bertz CT molecular complexity index is 415. The molecule has 1 aromatic heterocycles. The van der Waals surface area contributed by atoms with E-state index in [2.05, 4.69) is 24.3 Å². The van der Waals surface area contributed by atoms with Gasteiger partial charge >= 0.3 is 0 Å². The minimum atomic E-state index is -0.0593. The molecule has 0 fully saturated rings. The smallest absolute Gasteiger partial charge is 0.268 e. The molecule has 0 unspecified atom stereocenters. The molecule has 5 nitrogen and oxygen atoms in total. The van der Waals surface area contributed by atoms with Gasteiger partial charge in [-0.15, -0.1) is 0 Å². The minimum Gasteiger partial charge on any atom is -0.396 e. The van der Waals surface area contributed by atoms with Crippen molar-refractivity contribution in [3.63, 3.8) is 0 Å². The van der Waals surface area contributed by atoms with E-state index in [4.69, 9.17) is 5.11 Å². The van der Waals surface area contributed by atoms with Gasteiger partial charge in [0, 0.05) is 25.8 Å². The number of aromatic nitrogens is 2. The molecule has 5 heteroatoms. The molecule has 19 heavy (non-hydrogen) atoms. The predicted octanol–water partition coefficient (Wildman–Crippen LogP) is 1.86. The predicted molar refractivity (Wildman–Crippen MR) is 77.4 cm³/mol. The van der Waals surface area contributed by atoms with E-state index in [9.17, 15) is 4.79 Å². The second-order valence-corrected chi connectivity index (χ2v) is 5.22.